The summed E-state index contributed by atoms with van der Waals surface area (Å²) in [5, 5.41) is 0. The third-order valence-electron chi connectivity index (χ3n) is 6.70. The Balaban J connectivity index is 1.49. The Hall–Kier alpha value is -3.61. The second-order valence-corrected chi connectivity index (χ2v) is 8.60. The van der Waals surface area contributed by atoms with Gasteiger partial charge in [-0.1, -0.05) is 36.4 Å². The number of benzene rings is 1. The average molecular weight is 431 g/mol. The van der Waals surface area contributed by atoms with Crippen molar-refractivity contribution < 1.29 is 9.53 Å². The number of hydrogen-bond donors (Lipinski definition) is 1. The van der Waals surface area contributed by atoms with Crippen molar-refractivity contribution in [1.82, 2.24) is 14.5 Å². The van der Waals surface area contributed by atoms with Crippen LogP contribution >= 0.6 is 0 Å². The first-order valence-corrected chi connectivity index (χ1v) is 10.9. The Bertz CT molecular complexity index is 1260. The molecule has 2 aromatic heterocycles. The fraction of sp³-hybridized carbons (Fsp3) is 0.320. The van der Waals surface area contributed by atoms with E-state index in [1.807, 2.05) is 33.7 Å². The van der Waals surface area contributed by atoms with E-state index in [2.05, 4.69) is 17.1 Å². The molecule has 1 N–H and O–H groups in total. The number of pyridine rings is 2. The second kappa shape index (κ2) is 8.15. The largest absolute Gasteiger partial charge is 0.491 e. The van der Waals surface area contributed by atoms with Gasteiger partial charge in [-0.25, -0.2) is 0 Å². The first kappa shape index (κ1) is 20.3. The Kier molecular flexibility index (Phi) is 5.17. The van der Waals surface area contributed by atoms with Gasteiger partial charge in [-0.3, -0.25) is 14.4 Å². The van der Waals surface area contributed by atoms with E-state index in [4.69, 9.17) is 4.74 Å². The summed E-state index contributed by atoms with van der Waals surface area (Å²) in [6, 6.07) is 16.8. The van der Waals surface area contributed by atoms with Gasteiger partial charge < -0.3 is 19.2 Å². The number of piperidine rings is 1. The number of likely N-dealkylation sites (tertiary alicyclic amines) is 1. The summed E-state index contributed by atoms with van der Waals surface area (Å²) in [6.07, 6.45) is 3.09. The summed E-state index contributed by atoms with van der Waals surface area (Å²) < 4.78 is 6.95. The molecule has 5 rings (SSSR count). The highest BCUT2D eigenvalue weighted by Gasteiger charge is 2.42. The molecule has 2 aliphatic rings. The number of H-pyrrole nitrogens is 1. The third kappa shape index (κ3) is 3.53. The maximum absolute atomic E-state index is 13.3. The van der Waals surface area contributed by atoms with Crippen LogP contribution in [0.3, 0.4) is 0 Å². The average Bonchev–Trinajstić information content (AvgIpc) is 2.82. The zero-order chi connectivity index (χ0) is 22.2. The number of nitrogens with zero attached hydrogens (tertiary/aromatic N) is 2. The number of aromatic amines is 1. The number of amides is 1. The van der Waals surface area contributed by atoms with Crippen LogP contribution in [0.1, 0.15) is 40.1 Å². The Morgan fingerprint density at radius 1 is 1.09 bits per heavy atom. The number of fused-ring (bicyclic) bond motifs is 4. The topological polar surface area (TPSA) is 84.4 Å². The molecule has 2 bridgehead atoms. The Labute approximate surface area is 185 Å². The maximum Gasteiger partial charge on any atom is 0.270 e. The van der Waals surface area contributed by atoms with Crippen molar-refractivity contribution in [2.75, 3.05) is 20.2 Å². The van der Waals surface area contributed by atoms with Crippen LogP contribution in [-0.4, -0.2) is 40.6 Å². The summed E-state index contributed by atoms with van der Waals surface area (Å²) in [5.74, 6) is 0.206. The van der Waals surface area contributed by atoms with Crippen LogP contribution in [-0.2, 0) is 6.42 Å². The molecule has 1 saturated heterocycles. The van der Waals surface area contributed by atoms with E-state index in [-0.39, 0.29) is 46.2 Å². The molecule has 0 spiro atoms. The SMILES string of the molecule is COc1c[nH]c(C(=O)N2C[C@H]3C[C@@H](C2)[C@H](Cc2ccccc2)n2c3cccc2=O)cc1=O. The highest BCUT2D eigenvalue weighted by molar-refractivity contribution is 5.92. The molecule has 32 heavy (non-hydrogen) atoms. The zero-order valence-corrected chi connectivity index (χ0v) is 17.9. The quantitative estimate of drug-likeness (QED) is 0.688. The first-order valence-electron chi connectivity index (χ1n) is 10.9. The minimum atomic E-state index is -0.328. The Morgan fingerprint density at radius 2 is 1.91 bits per heavy atom. The van der Waals surface area contributed by atoms with Gasteiger partial charge in [0.25, 0.3) is 11.5 Å². The smallest absolute Gasteiger partial charge is 0.270 e. The molecule has 0 saturated carbocycles. The molecule has 1 amide bonds. The normalized spacial score (nSPS) is 21.7. The Morgan fingerprint density at radius 3 is 2.66 bits per heavy atom. The summed E-state index contributed by atoms with van der Waals surface area (Å²) in [6.45, 7) is 1.06. The molecule has 7 nitrogen and oxygen atoms in total. The van der Waals surface area contributed by atoms with Crippen LogP contribution in [0.2, 0.25) is 0 Å². The summed E-state index contributed by atoms with van der Waals surface area (Å²) in [7, 11) is 1.42. The molecule has 4 heterocycles. The molecule has 1 fully saturated rings. The highest BCUT2D eigenvalue weighted by atomic mass is 16.5. The minimum absolute atomic E-state index is 0.0115. The van der Waals surface area contributed by atoms with Gasteiger partial charge in [0.05, 0.1) is 7.11 Å². The first-order chi connectivity index (χ1) is 15.5. The summed E-state index contributed by atoms with van der Waals surface area (Å²) >= 11 is 0. The molecule has 3 aromatic rings. The molecule has 0 aliphatic carbocycles. The second-order valence-electron chi connectivity index (χ2n) is 8.60. The minimum Gasteiger partial charge on any atom is -0.491 e. The number of carbonyl (C=O) groups is 1. The van der Waals surface area contributed by atoms with E-state index < -0.39 is 0 Å². The van der Waals surface area contributed by atoms with Gasteiger partial charge in [0.2, 0.25) is 5.43 Å². The lowest BCUT2D eigenvalue weighted by Gasteiger charge is -2.47. The monoisotopic (exact) mass is 431 g/mol. The lowest BCUT2D eigenvalue weighted by Crippen LogP contribution is -2.51. The number of hydrogen-bond acceptors (Lipinski definition) is 4. The molecule has 1 aromatic carbocycles. The molecular weight excluding hydrogens is 406 g/mol. The van der Waals surface area contributed by atoms with Crippen molar-refractivity contribution in [2.45, 2.75) is 24.8 Å². The van der Waals surface area contributed by atoms with Gasteiger partial charge >= 0.3 is 0 Å². The third-order valence-corrected chi connectivity index (χ3v) is 6.70. The van der Waals surface area contributed by atoms with Crippen LogP contribution in [0.25, 0.3) is 0 Å². The van der Waals surface area contributed by atoms with Crippen LogP contribution in [0.15, 0.2) is 70.4 Å². The summed E-state index contributed by atoms with van der Waals surface area (Å²) in [5.41, 5.74) is 2.08. The van der Waals surface area contributed by atoms with Crippen molar-refractivity contribution in [1.29, 1.82) is 0 Å². The van der Waals surface area contributed by atoms with Crippen LogP contribution in [0.5, 0.6) is 5.75 Å². The predicted molar refractivity (Wildman–Crippen MR) is 120 cm³/mol. The number of ether oxygens (including phenoxy) is 1. The summed E-state index contributed by atoms with van der Waals surface area (Å²) in [4.78, 5) is 43.0. The number of methoxy groups -OCH3 is 1. The van der Waals surface area contributed by atoms with E-state index in [0.29, 0.717) is 13.1 Å². The van der Waals surface area contributed by atoms with E-state index in [9.17, 15) is 14.4 Å². The van der Waals surface area contributed by atoms with E-state index >= 15 is 0 Å². The standard InChI is InChI=1S/C25H25N3O4/c1-32-23-13-26-19(12-22(23)29)25(31)27-14-17-11-18(15-27)21(10-16-6-3-2-4-7-16)28-20(17)8-5-9-24(28)30/h2-9,12-13,17-18,21H,10-11,14-15H2,1H3,(H,26,29)/t17-,18+,21+/m1/s1. The van der Waals surface area contributed by atoms with Crippen LogP contribution in [0, 0.1) is 5.92 Å². The molecule has 0 unspecified atom stereocenters. The van der Waals surface area contributed by atoms with E-state index in [0.717, 1.165) is 18.5 Å². The molecule has 0 radical (unpaired) electrons. The number of rotatable bonds is 4. The molecule has 2 aliphatic heterocycles. The van der Waals surface area contributed by atoms with Gasteiger partial charge in [0.15, 0.2) is 5.75 Å². The van der Waals surface area contributed by atoms with Gasteiger partial charge in [0, 0.05) is 49.1 Å². The highest BCUT2D eigenvalue weighted by Crippen LogP contribution is 2.42. The van der Waals surface area contributed by atoms with E-state index in [1.165, 1.54) is 24.9 Å². The number of aromatic nitrogens is 2. The maximum atomic E-state index is 13.3. The van der Waals surface area contributed by atoms with Crippen molar-refractivity contribution in [2.24, 2.45) is 5.92 Å². The van der Waals surface area contributed by atoms with Crippen molar-refractivity contribution in [3.8, 4) is 5.75 Å². The molecular formula is C25H25N3O4. The lowest BCUT2D eigenvalue weighted by molar-refractivity contribution is 0.0523. The van der Waals surface area contributed by atoms with Gasteiger partial charge in [-0.2, -0.15) is 0 Å². The van der Waals surface area contributed by atoms with Gasteiger partial charge in [-0.05, 0) is 30.4 Å². The van der Waals surface area contributed by atoms with Crippen molar-refractivity contribution in [3.05, 3.63) is 98.3 Å². The van der Waals surface area contributed by atoms with Gasteiger partial charge in [0.1, 0.15) is 5.69 Å². The number of carbonyl (C=O) groups excluding carboxylic acids is 1. The zero-order valence-electron chi connectivity index (χ0n) is 17.9. The molecule has 164 valence electrons. The van der Waals surface area contributed by atoms with Crippen LogP contribution in [0.4, 0.5) is 0 Å². The number of nitrogens with one attached hydrogen (secondary N) is 1. The van der Waals surface area contributed by atoms with E-state index in [1.54, 1.807) is 12.1 Å². The molecule has 7 heteroatoms. The van der Waals surface area contributed by atoms with Gasteiger partial charge in [-0.15, -0.1) is 0 Å². The lowest BCUT2D eigenvalue weighted by atomic mass is 9.76. The predicted octanol–water partition coefficient (Wildman–Crippen LogP) is 2.59. The van der Waals surface area contributed by atoms with Crippen LogP contribution < -0.4 is 15.7 Å². The van der Waals surface area contributed by atoms with Crippen molar-refractivity contribution in [3.63, 3.8) is 0 Å². The molecule has 3 atom stereocenters. The fourth-order valence-corrected chi connectivity index (χ4v) is 5.24. The fourth-order valence-electron chi connectivity index (χ4n) is 5.24. The van der Waals surface area contributed by atoms with Crippen molar-refractivity contribution >= 4 is 5.91 Å².